The minimum atomic E-state index is -0.837. The second kappa shape index (κ2) is 5.95. The van der Waals surface area contributed by atoms with Crippen LogP contribution in [0.4, 0.5) is 11.5 Å². The number of anilines is 1. The maximum Gasteiger partial charge on any atom is 0.303 e. The molecule has 0 bridgehead atoms. The van der Waals surface area contributed by atoms with Crippen molar-refractivity contribution < 1.29 is 14.8 Å². The molecule has 0 aromatic carbocycles. The molecule has 7 nitrogen and oxygen atoms in total. The summed E-state index contributed by atoms with van der Waals surface area (Å²) in [5.41, 5.74) is 0.334. The molecule has 7 heteroatoms. The van der Waals surface area contributed by atoms with E-state index in [0.29, 0.717) is 24.5 Å². The average Bonchev–Trinajstić information content (AvgIpc) is 2.27. The molecule has 0 fully saturated rings. The van der Waals surface area contributed by atoms with Gasteiger partial charge in [0.05, 0.1) is 4.92 Å². The first-order valence-corrected chi connectivity index (χ1v) is 5.46. The highest BCUT2D eigenvalue weighted by Crippen LogP contribution is 2.19. The molecule has 0 aliphatic carbocycles. The lowest BCUT2D eigenvalue weighted by molar-refractivity contribution is -0.385. The molecule has 1 aromatic rings. The Labute approximate surface area is 104 Å². The van der Waals surface area contributed by atoms with Gasteiger partial charge in [0.1, 0.15) is 11.5 Å². The predicted octanol–water partition coefficient (Wildman–Crippen LogP) is 1.60. The van der Waals surface area contributed by atoms with Gasteiger partial charge in [-0.05, 0) is 19.4 Å². The molecule has 0 saturated heterocycles. The fourth-order valence-corrected chi connectivity index (χ4v) is 1.53. The average molecular weight is 253 g/mol. The molecule has 1 rings (SSSR count). The molecule has 1 N–H and O–H groups in total. The standard InChI is InChI=1S/C11H15N3O4/c1-8-9(14(17)18)5-6-10(12-8)13(2)7-3-4-11(15)16/h5-6H,3-4,7H2,1-2H3,(H,15,16). The van der Waals surface area contributed by atoms with Gasteiger partial charge in [-0.2, -0.15) is 0 Å². The van der Waals surface area contributed by atoms with Gasteiger partial charge in [0.15, 0.2) is 0 Å². The number of carboxylic acids is 1. The number of carbonyl (C=O) groups is 1. The van der Waals surface area contributed by atoms with E-state index in [0.717, 1.165) is 0 Å². The summed E-state index contributed by atoms with van der Waals surface area (Å²) in [4.78, 5) is 26.4. The van der Waals surface area contributed by atoms with Gasteiger partial charge >= 0.3 is 5.97 Å². The third kappa shape index (κ3) is 3.69. The van der Waals surface area contributed by atoms with E-state index in [-0.39, 0.29) is 12.1 Å². The normalized spacial score (nSPS) is 10.1. The first kappa shape index (κ1) is 13.9. The summed E-state index contributed by atoms with van der Waals surface area (Å²) in [5, 5.41) is 19.2. The van der Waals surface area contributed by atoms with Crippen LogP contribution in [-0.4, -0.2) is 34.6 Å². The lowest BCUT2D eigenvalue weighted by atomic mass is 10.3. The van der Waals surface area contributed by atoms with Crippen LogP contribution in [0.3, 0.4) is 0 Å². The van der Waals surface area contributed by atoms with E-state index in [1.807, 2.05) is 0 Å². The highest BCUT2D eigenvalue weighted by molar-refractivity contribution is 5.66. The molecule has 0 radical (unpaired) electrons. The van der Waals surface area contributed by atoms with Crippen molar-refractivity contribution in [2.75, 3.05) is 18.5 Å². The number of carboxylic acid groups (broad SMARTS) is 1. The Morgan fingerprint density at radius 2 is 2.22 bits per heavy atom. The Hall–Kier alpha value is -2.18. The van der Waals surface area contributed by atoms with Crippen molar-refractivity contribution in [3.8, 4) is 0 Å². The minimum Gasteiger partial charge on any atom is -0.481 e. The third-order valence-electron chi connectivity index (χ3n) is 2.52. The Bertz CT molecular complexity index is 462. The van der Waals surface area contributed by atoms with Crippen LogP contribution >= 0.6 is 0 Å². The zero-order chi connectivity index (χ0) is 13.7. The zero-order valence-corrected chi connectivity index (χ0v) is 10.3. The van der Waals surface area contributed by atoms with Gasteiger partial charge in [-0.25, -0.2) is 4.98 Å². The van der Waals surface area contributed by atoms with Crippen LogP contribution < -0.4 is 4.90 Å². The minimum absolute atomic E-state index is 0.0160. The number of rotatable bonds is 6. The molecule has 98 valence electrons. The molecule has 18 heavy (non-hydrogen) atoms. The number of hydrogen-bond donors (Lipinski definition) is 1. The Kier molecular flexibility index (Phi) is 4.59. The van der Waals surface area contributed by atoms with E-state index in [2.05, 4.69) is 4.98 Å². The van der Waals surface area contributed by atoms with E-state index in [1.165, 1.54) is 6.07 Å². The molecule has 0 unspecified atom stereocenters. The Morgan fingerprint density at radius 1 is 1.56 bits per heavy atom. The number of aromatic nitrogens is 1. The molecule has 0 aliphatic heterocycles. The Balaban J connectivity index is 2.69. The largest absolute Gasteiger partial charge is 0.481 e. The first-order valence-electron chi connectivity index (χ1n) is 5.46. The van der Waals surface area contributed by atoms with E-state index in [1.54, 1.807) is 24.9 Å². The van der Waals surface area contributed by atoms with Crippen molar-refractivity contribution in [3.63, 3.8) is 0 Å². The van der Waals surface area contributed by atoms with Gasteiger partial charge in [0.2, 0.25) is 0 Å². The second-order valence-corrected chi connectivity index (χ2v) is 3.95. The van der Waals surface area contributed by atoms with Crippen molar-refractivity contribution in [1.29, 1.82) is 0 Å². The van der Waals surface area contributed by atoms with E-state index in [4.69, 9.17) is 5.11 Å². The number of nitrogens with zero attached hydrogens (tertiary/aromatic N) is 3. The van der Waals surface area contributed by atoms with E-state index >= 15 is 0 Å². The maximum atomic E-state index is 10.6. The summed E-state index contributed by atoms with van der Waals surface area (Å²) in [6, 6.07) is 2.97. The summed E-state index contributed by atoms with van der Waals surface area (Å²) >= 11 is 0. The fraction of sp³-hybridized carbons (Fsp3) is 0.455. The summed E-state index contributed by atoms with van der Waals surface area (Å²) < 4.78 is 0. The van der Waals surface area contributed by atoms with Crippen molar-refractivity contribution in [3.05, 3.63) is 27.9 Å². The molecule has 0 atom stereocenters. The number of aliphatic carboxylic acids is 1. The summed E-state index contributed by atoms with van der Waals surface area (Å²) in [6.45, 7) is 2.11. The molecule has 1 aromatic heterocycles. The van der Waals surface area contributed by atoms with Crippen molar-refractivity contribution in [2.24, 2.45) is 0 Å². The number of nitro groups is 1. The van der Waals surface area contributed by atoms with Crippen LogP contribution in [0.15, 0.2) is 12.1 Å². The SMILES string of the molecule is Cc1nc(N(C)CCCC(=O)O)ccc1[N+](=O)[O-]. The molecule has 0 amide bonds. The van der Waals surface area contributed by atoms with Crippen LogP contribution in [-0.2, 0) is 4.79 Å². The summed E-state index contributed by atoms with van der Waals surface area (Å²) in [5.74, 6) is -0.236. The van der Waals surface area contributed by atoms with Gasteiger partial charge in [-0.15, -0.1) is 0 Å². The summed E-state index contributed by atoms with van der Waals surface area (Å²) in [6.07, 6.45) is 0.597. The highest BCUT2D eigenvalue weighted by Gasteiger charge is 2.13. The van der Waals surface area contributed by atoms with Crippen molar-refractivity contribution >= 4 is 17.5 Å². The van der Waals surface area contributed by atoms with Crippen molar-refractivity contribution in [2.45, 2.75) is 19.8 Å². The maximum absolute atomic E-state index is 10.6. The predicted molar refractivity (Wildman–Crippen MR) is 65.8 cm³/mol. The number of hydrogen-bond acceptors (Lipinski definition) is 5. The molecule has 0 saturated carbocycles. The number of aryl methyl sites for hydroxylation is 1. The monoisotopic (exact) mass is 253 g/mol. The lowest BCUT2D eigenvalue weighted by Crippen LogP contribution is -2.20. The van der Waals surface area contributed by atoms with Crippen LogP contribution in [0.1, 0.15) is 18.5 Å². The fourth-order valence-electron chi connectivity index (χ4n) is 1.53. The highest BCUT2D eigenvalue weighted by atomic mass is 16.6. The first-order chi connectivity index (χ1) is 8.41. The summed E-state index contributed by atoms with van der Waals surface area (Å²) in [7, 11) is 1.77. The molecular formula is C11H15N3O4. The second-order valence-electron chi connectivity index (χ2n) is 3.95. The van der Waals surface area contributed by atoms with Crippen LogP contribution in [0.25, 0.3) is 0 Å². The van der Waals surface area contributed by atoms with Gasteiger partial charge in [-0.1, -0.05) is 0 Å². The molecule has 1 heterocycles. The zero-order valence-electron chi connectivity index (χ0n) is 10.3. The number of pyridine rings is 1. The topological polar surface area (TPSA) is 96.6 Å². The van der Waals surface area contributed by atoms with Crippen LogP contribution in [0, 0.1) is 17.0 Å². The molecule has 0 aliphatic rings. The van der Waals surface area contributed by atoms with Gasteiger partial charge in [0.25, 0.3) is 5.69 Å². The molecular weight excluding hydrogens is 238 g/mol. The van der Waals surface area contributed by atoms with Gasteiger partial charge < -0.3 is 10.0 Å². The van der Waals surface area contributed by atoms with Crippen molar-refractivity contribution in [1.82, 2.24) is 4.98 Å². The molecule has 0 spiro atoms. The smallest absolute Gasteiger partial charge is 0.303 e. The van der Waals surface area contributed by atoms with Gasteiger partial charge in [-0.3, -0.25) is 14.9 Å². The van der Waals surface area contributed by atoms with E-state index < -0.39 is 10.9 Å². The van der Waals surface area contributed by atoms with Crippen LogP contribution in [0.5, 0.6) is 0 Å². The van der Waals surface area contributed by atoms with E-state index in [9.17, 15) is 14.9 Å². The Morgan fingerprint density at radius 3 is 2.72 bits per heavy atom. The van der Waals surface area contributed by atoms with Gasteiger partial charge in [0, 0.05) is 26.1 Å². The lowest BCUT2D eigenvalue weighted by Gasteiger charge is -2.17. The quantitative estimate of drug-likeness (QED) is 0.611. The van der Waals surface area contributed by atoms with Crippen LogP contribution in [0.2, 0.25) is 0 Å². The third-order valence-corrected chi connectivity index (χ3v) is 2.52.